The van der Waals surface area contributed by atoms with E-state index < -0.39 is 6.10 Å². The average Bonchev–Trinajstić information content (AvgIpc) is 2.75. The van der Waals surface area contributed by atoms with Crippen molar-refractivity contribution < 1.29 is 5.11 Å². The lowest BCUT2D eigenvalue weighted by atomic mass is 10.1. The van der Waals surface area contributed by atoms with Crippen LogP contribution >= 0.6 is 11.3 Å². The van der Waals surface area contributed by atoms with Gasteiger partial charge in [-0.05, 0) is 31.5 Å². The molecule has 2 aromatic rings. The average molecular weight is 262 g/mol. The van der Waals surface area contributed by atoms with E-state index in [0.717, 1.165) is 23.5 Å². The third kappa shape index (κ3) is 2.89. The minimum Gasteiger partial charge on any atom is -0.389 e. The van der Waals surface area contributed by atoms with Gasteiger partial charge in [0.1, 0.15) is 0 Å². The van der Waals surface area contributed by atoms with Crippen molar-refractivity contribution in [2.24, 2.45) is 0 Å². The number of thiazole rings is 1. The topological polar surface area (TPSA) is 36.4 Å². The summed E-state index contributed by atoms with van der Waals surface area (Å²) in [6, 6.07) is 8.02. The van der Waals surface area contributed by atoms with Crippen molar-refractivity contribution in [1.29, 1.82) is 0 Å². The normalized spacial score (nSPS) is 12.4. The molecule has 0 saturated carbocycles. The molecule has 96 valence electrons. The molecule has 0 radical (unpaired) electrons. The first-order valence-corrected chi connectivity index (χ1v) is 6.84. The van der Waals surface area contributed by atoms with Gasteiger partial charge in [0.2, 0.25) is 0 Å². The number of anilines is 1. The first-order chi connectivity index (χ1) is 8.58. The van der Waals surface area contributed by atoms with Crippen LogP contribution in [0.4, 0.5) is 5.69 Å². The Morgan fingerprint density at radius 1 is 1.33 bits per heavy atom. The maximum atomic E-state index is 9.48. The van der Waals surface area contributed by atoms with E-state index in [1.54, 1.807) is 18.3 Å². The fourth-order valence-corrected chi connectivity index (χ4v) is 2.62. The number of benzene rings is 1. The van der Waals surface area contributed by atoms with Crippen LogP contribution in [0.3, 0.4) is 0 Å². The maximum Gasteiger partial charge on any atom is 0.0798 e. The smallest absolute Gasteiger partial charge is 0.0798 e. The summed E-state index contributed by atoms with van der Waals surface area (Å²) < 4.78 is 0. The minimum absolute atomic E-state index is 0.409. The van der Waals surface area contributed by atoms with Gasteiger partial charge >= 0.3 is 0 Å². The van der Waals surface area contributed by atoms with Crippen molar-refractivity contribution in [1.82, 2.24) is 4.98 Å². The van der Waals surface area contributed by atoms with Gasteiger partial charge in [-0.2, -0.15) is 0 Å². The van der Waals surface area contributed by atoms with E-state index in [1.165, 1.54) is 4.88 Å². The van der Waals surface area contributed by atoms with E-state index in [2.05, 4.69) is 16.9 Å². The summed E-state index contributed by atoms with van der Waals surface area (Å²) in [5.74, 6) is 0. The highest BCUT2D eigenvalue weighted by Gasteiger charge is 2.07. The van der Waals surface area contributed by atoms with Crippen molar-refractivity contribution in [3.05, 3.63) is 45.9 Å². The van der Waals surface area contributed by atoms with Crippen LogP contribution in [0.2, 0.25) is 0 Å². The molecule has 0 amide bonds. The molecule has 0 aliphatic heterocycles. The Balaban J connectivity index is 2.09. The summed E-state index contributed by atoms with van der Waals surface area (Å²) in [6.45, 7) is 4.68. The molecule has 0 spiro atoms. The summed E-state index contributed by atoms with van der Waals surface area (Å²) in [4.78, 5) is 7.74. The molecule has 0 saturated heterocycles. The second-order valence-electron chi connectivity index (χ2n) is 4.48. The fraction of sp³-hybridized carbons (Fsp3) is 0.357. The first kappa shape index (κ1) is 13.1. The Morgan fingerprint density at radius 3 is 2.50 bits per heavy atom. The zero-order valence-electron chi connectivity index (χ0n) is 10.9. The molecule has 1 N–H and O–H groups in total. The summed E-state index contributed by atoms with van der Waals surface area (Å²) in [6.07, 6.45) is -0.409. The van der Waals surface area contributed by atoms with Gasteiger partial charge in [-0.25, -0.2) is 4.98 Å². The van der Waals surface area contributed by atoms with Gasteiger partial charge < -0.3 is 10.0 Å². The van der Waals surface area contributed by atoms with E-state index >= 15 is 0 Å². The van der Waals surface area contributed by atoms with E-state index in [1.807, 2.05) is 36.7 Å². The summed E-state index contributed by atoms with van der Waals surface area (Å²) in [5.41, 5.74) is 5.08. The predicted octanol–water partition coefficient (Wildman–Crippen LogP) is 3.14. The van der Waals surface area contributed by atoms with E-state index in [4.69, 9.17) is 0 Å². The van der Waals surface area contributed by atoms with Gasteiger partial charge in [0.15, 0.2) is 0 Å². The number of aliphatic hydroxyl groups excluding tert-OH is 1. The Hall–Kier alpha value is -1.39. The number of hydrogen-bond donors (Lipinski definition) is 1. The highest BCUT2D eigenvalue weighted by molar-refractivity contribution is 7.09. The molecule has 1 heterocycles. The van der Waals surface area contributed by atoms with Crippen molar-refractivity contribution in [2.45, 2.75) is 26.5 Å². The standard InChI is InChI=1S/C14H18N2OS/c1-10-14(18-9-15-10)8-16(3)13-6-4-12(5-7-13)11(2)17/h4-7,9,11,17H,8H2,1-3H3/t11-/m0/s1. The third-order valence-electron chi connectivity index (χ3n) is 3.04. The van der Waals surface area contributed by atoms with Crippen LogP contribution in [0.1, 0.15) is 29.2 Å². The van der Waals surface area contributed by atoms with Crippen LogP contribution in [-0.4, -0.2) is 17.1 Å². The molecule has 3 nitrogen and oxygen atoms in total. The number of aryl methyl sites for hydroxylation is 1. The van der Waals surface area contributed by atoms with Crippen LogP contribution in [0.25, 0.3) is 0 Å². The number of rotatable bonds is 4. The van der Waals surface area contributed by atoms with E-state index in [9.17, 15) is 5.11 Å². The number of aliphatic hydroxyl groups is 1. The number of hydrogen-bond acceptors (Lipinski definition) is 4. The van der Waals surface area contributed by atoms with Crippen LogP contribution in [0.5, 0.6) is 0 Å². The van der Waals surface area contributed by atoms with Crippen LogP contribution in [0, 0.1) is 6.92 Å². The molecule has 18 heavy (non-hydrogen) atoms. The second kappa shape index (κ2) is 5.50. The molecule has 0 aliphatic carbocycles. The monoisotopic (exact) mass is 262 g/mol. The lowest BCUT2D eigenvalue weighted by Gasteiger charge is -2.19. The molecule has 0 unspecified atom stereocenters. The quantitative estimate of drug-likeness (QED) is 0.919. The zero-order chi connectivity index (χ0) is 13.1. The summed E-state index contributed by atoms with van der Waals surface area (Å²) in [7, 11) is 2.07. The lowest BCUT2D eigenvalue weighted by Crippen LogP contribution is -2.16. The number of nitrogens with zero attached hydrogens (tertiary/aromatic N) is 2. The van der Waals surface area contributed by atoms with Gasteiger partial charge in [-0.3, -0.25) is 0 Å². The molecular weight excluding hydrogens is 244 g/mol. The van der Waals surface area contributed by atoms with Crippen molar-refractivity contribution in [3.63, 3.8) is 0 Å². The van der Waals surface area contributed by atoms with Gasteiger partial charge in [0.25, 0.3) is 0 Å². The van der Waals surface area contributed by atoms with Crippen LogP contribution in [-0.2, 0) is 6.54 Å². The molecular formula is C14H18N2OS. The van der Waals surface area contributed by atoms with Gasteiger partial charge in [0, 0.05) is 17.6 Å². The first-order valence-electron chi connectivity index (χ1n) is 5.96. The zero-order valence-corrected chi connectivity index (χ0v) is 11.7. The SMILES string of the molecule is Cc1ncsc1CN(C)c1ccc([C@H](C)O)cc1. The summed E-state index contributed by atoms with van der Waals surface area (Å²) >= 11 is 1.69. The van der Waals surface area contributed by atoms with Gasteiger partial charge in [-0.1, -0.05) is 12.1 Å². The predicted molar refractivity (Wildman–Crippen MR) is 76.0 cm³/mol. The molecule has 1 aromatic heterocycles. The summed E-state index contributed by atoms with van der Waals surface area (Å²) in [5, 5.41) is 9.48. The Labute approximate surface area is 112 Å². The van der Waals surface area contributed by atoms with Crippen LogP contribution in [0.15, 0.2) is 29.8 Å². The molecule has 1 atom stereocenters. The molecule has 0 bridgehead atoms. The van der Waals surface area contributed by atoms with Crippen LogP contribution < -0.4 is 4.90 Å². The van der Waals surface area contributed by atoms with Gasteiger partial charge in [0.05, 0.1) is 23.9 Å². The minimum atomic E-state index is -0.409. The highest BCUT2D eigenvalue weighted by atomic mass is 32.1. The van der Waals surface area contributed by atoms with E-state index in [0.29, 0.717) is 0 Å². The maximum absolute atomic E-state index is 9.48. The number of aromatic nitrogens is 1. The highest BCUT2D eigenvalue weighted by Crippen LogP contribution is 2.21. The Kier molecular flexibility index (Phi) is 3.99. The molecule has 1 aromatic carbocycles. The molecule has 2 rings (SSSR count). The Bertz CT molecular complexity index is 505. The van der Waals surface area contributed by atoms with Gasteiger partial charge in [-0.15, -0.1) is 11.3 Å². The lowest BCUT2D eigenvalue weighted by molar-refractivity contribution is 0.199. The molecule has 0 fully saturated rings. The fourth-order valence-electron chi connectivity index (χ4n) is 1.79. The molecule has 4 heteroatoms. The van der Waals surface area contributed by atoms with E-state index in [-0.39, 0.29) is 0 Å². The van der Waals surface area contributed by atoms with Crippen molar-refractivity contribution in [3.8, 4) is 0 Å². The second-order valence-corrected chi connectivity index (χ2v) is 5.42. The third-order valence-corrected chi connectivity index (χ3v) is 3.96. The Morgan fingerprint density at radius 2 is 2.00 bits per heavy atom. The largest absolute Gasteiger partial charge is 0.389 e. The van der Waals surface area contributed by atoms with Crippen molar-refractivity contribution in [2.75, 3.05) is 11.9 Å². The molecule has 0 aliphatic rings. The van der Waals surface area contributed by atoms with Crippen molar-refractivity contribution >= 4 is 17.0 Å².